The number of aromatic amines is 1. The molecule has 0 aliphatic heterocycles. The lowest BCUT2D eigenvalue weighted by atomic mass is 10.1. The van der Waals surface area contributed by atoms with Gasteiger partial charge in [0.25, 0.3) is 0 Å². The molecule has 0 radical (unpaired) electrons. The molecular formula is C19H22ClN4O4S-. The molecule has 0 saturated heterocycles. The van der Waals surface area contributed by atoms with E-state index in [1.165, 1.54) is 0 Å². The van der Waals surface area contributed by atoms with Crippen LogP contribution in [0.3, 0.4) is 0 Å². The van der Waals surface area contributed by atoms with Gasteiger partial charge in [-0.2, -0.15) is 5.10 Å². The van der Waals surface area contributed by atoms with Crippen LogP contribution in [0.5, 0.6) is 5.75 Å². The largest absolute Gasteiger partial charge is 0.760 e. The van der Waals surface area contributed by atoms with Crippen LogP contribution in [0.25, 0.3) is 10.9 Å². The summed E-state index contributed by atoms with van der Waals surface area (Å²) in [6.07, 6.45) is -0.757. The molecule has 2 aromatic carbocycles. The highest BCUT2D eigenvalue weighted by molar-refractivity contribution is 7.77. The lowest BCUT2D eigenvalue weighted by Gasteiger charge is -2.15. The molecular weight excluding hydrogens is 416 g/mol. The van der Waals surface area contributed by atoms with Crippen LogP contribution in [0.15, 0.2) is 36.4 Å². The Hall–Kier alpha value is -2.01. The van der Waals surface area contributed by atoms with E-state index < -0.39 is 17.4 Å². The number of fused-ring (bicyclic) bond motifs is 1. The van der Waals surface area contributed by atoms with E-state index in [1.807, 2.05) is 25.1 Å². The van der Waals surface area contributed by atoms with Gasteiger partial charge in [0.2, 0.25) is 0 Å². The van der Waals surface area contributed by atoms with Crippen molar-refractivity contribution in [2.75, 3.05) is 19.7 Å². The maximum absolute atomic E-state index is 10.6. The topological polar surface area (TPSA) is 122 Å². The highest BCUT2D eigenvalue weighted by Crippen LogP contribution is 2.22. The Balaban J connectivity index is 1.45. The molecule has 0 bridgehead atoms. The molecule has 0 amide bonds. The number of hydrogen-bond donors (Lipinski definition) is 4. The van der Waals surface area contributed by atoms with Gasteiger partial charge >= 0.3 is 0 Å². The van der Waals surface area contributed by atoms with Crippen LogP contribution >= 0.6 is 11.6 Å². The third-order valence-electron chi connectivity index (χ3n) is 4.44. The summed E-state index contributed by atoms with van der Waals surface area (Å²) in [5.41, 5.74) is 3.12. The van der Waals surface area contributed by atoms with Gasteiger partial charge in [-0.25, -0.2) is 4.72 Å². The number of H-pyrrole nitrogens is 1. The summed E-state index contributed by atoms with van der Waals surface area (Å²) >= 11 is 3.69. The van der Waals surface area contributed by atoms with Gasteiger partial charge in [-0.1, -0.05) is 23.7 Å². The normalized spacial score (nSPS) is 13.5. The van der Waals surface area contributed by atoms with E-state index in [4.69, 9.17) is 16.3 Å². The number of aliphatic hydroxyl groups is 1. The molecule has 0 fully saturated rings. The zero-order chi connectivity index (χ0) is 20.8. The first-order chi connectivity index (χ1) is 13.9. The monoisotopic (exact) mass is 437 g/mol. The first kappa shape index (κ1) is 21.7. The lowest BCUT2D eigenvalue weighted by Crippen LogP contribution is -2.26. The minimum absolute atomic E-state index is 0.0661. The van der Waals surface area contributed by atoms with Crippen LogP contribution in [-0.2, 0) is 17.8 Å². The molecule has 1 aromatic heterocycles. The Morgan fingerprint density at radius 3 is 2.97 bits per heavy atom. The second-order valence-electron chi connectivity index (χ2n) is 6.50. The van der Waals surface area contributed by atoms with Crippen molar-refractivity contribution < 1.29 is 18.6 Å². The van der Waals surface area contributed by atoms with Gasteiger partial charge in [-0.3, -0.25) is 9.31 Å². The standard InChI is InChI=1S/C19H23ClN4O4S/c1-12-16-4-3-15(9-18(16)24-23-12)28-7-6-21-11-19(25)13-2-5-17(20)14(8-13)10-22-29(26)27/h2-5,8-9,19,21-22,25H,6-7,10-11H2,1H3,(H,23,24)(H,26,27)/p-1. The van der Waals surface area contributed by atoms with E-state index in [0.29, 0.717) is 35.8 Å². The number of aliphatic hydroxyl groups excluding tert-OH is 1. The summed E-state index contributed by atoms with van der Waals surface area (Å²) in [5, 5.41) is 22.1. The van der Waals surface area contributed by atoms with Gasteiger partial charge in [-0.15, -0.1) is 0 Å². The number of benzene rings is 2. The molecule has 1 heterocycles. The van der Waals surface area contributed by atoms with Crippen molar-refractivity contribution in [2.24, 2.45) is 0 Å². The van der Waals surface area contributed by atoms with Crippen molar-refractivity contribution in [3.8, 4) is 5.75 Å². The summed E-state index contributed by atoms with van der Waals surface area (Å²) in [6, 6.07) is 10.8. The maximum atomic E-state index is 10.6. The molecule has 3 rings (SSSR count). The van der Waals surface area contributed by atoms with Crippen molar-refractivity contribution in [1.82, 2.24) is 20.2 Å². The smallest absolute Gasteiger partial charge is 0.121 e. The Morgan fingerprint density at radius 1 is 1.34 bits per heavy atom. The lowest BCUT2D eigenvalue weighted by molar-refractivity contribution is 0.172. The molecule has 10 heteroatoms. The van der Waals surface area contributed by atoms with Gasteiger partial charge in [0.05, 0.1) is 11.6 Å². The molecule has 2 atom stereocenters. The van der Waals surface area contributed by atoms with Gasteiger partial charge < -0.3 is 19.7 Å². The van der Waals surface area contributed by atoms with Crippen LogP contribution in [0.4, 0.5) is 0 Å². The molecule has 29 heavy (non-hydrogen) atoms. The fourth-order valence-corrected chi connectivity index (χ4v) is 3.34. The first-order valence-corrected chi connectivity index (χ1v) is 10.5. The number of aryl methyl sites for hydroxylation is 1. The predicted octanol–water partition coefficient (Wildman–Crippen LogP) is 2.11. The highest BCUT2D eigenvalue weighted by Gasteiger charge is 2.10. The predicted molar refractivity (Wildman–Crippen MR) is 111 cm³/mol. The first-order valence-electron chi connectivity index (χ1n) is 9.01. The molecule has 8 nitrogen and oxygen atoms in total. The third kappa shape index (κ3) is 5.99. The summed E-state index contributed by atoms with van der Waals surface area (Å²) in [6.45, 7) is 3.34. The summed E-state index contributed by atoms with van der Waals surface area (Å²) in [4.78, 5) is 0. The molecule has 0 spiro atoms. The number of halogens is 1. The van der Waals surface area contributed by atoms with Crippen molar-refractivity contribution in [2.45, 2.75) is 19.6 Å². The van der Waals surface area contributed by atoms with E-state index in [9.17, 15) is 13.9 Å². The second-order valence-corrected chi connectivity index (χ2v) is 7.67. The van der Waals surface area contributed by atoms with E-state index in [-0.39, 0.29) is 6.54 Å². The van der Waals surface area contributed by atoms with E-state index in [0.717, 1.165) is 22.3 Å². The Morgan fingerprint density at radius 2 is 2.17 bits per heavy atom. The van der Waals surface area contributed by atoms with Crippen LogP contribution < -0.4 is 14.8 Å². The number of hydrogen-bond acceptors (Lipinski definition) is 6. The summed E-state index contributed by atoms with van der Waals surface area (Å²) in [5.74, 6) is 0.733. The third-order valence-corrected chi connectivity index (χ3v) is 5.19. The molecule has 0 aliphatic carbocycles. The van der Waals surface area contributed by atoms with Gasteiger partial charge in [0, 0.05) is 53.1 Å². The number of aromatic nitrogens is 2. The minimum Gasteiger partial charge on any atom is -0.760 e. The summed E-state index contributed by atoms with van der Waals surface area (Å²) in [7, 11) is 0. The second kappa shape index (κ2) is 10.1. The van der Waals surface area contributed by atoms with Gasteiger partial charge in [-0.05, 0) is 36.2 Å². The van der Waals surface area contributed by atoms with E-state index in [1.54, 1.807) is 18.2 Å². The molecule has 0 saturated carbocycles. The highest BCUT2D eigenvalue weighted by atomic mass is 35.5. The molecule has 3 aromatic rings. The van der Waals surface area contributed by atoms with Crippen molar-refractivity contribution >= 4 is 33.8 Å². The number of ether oxygens (including phenoxy) is 1. The maximum Gasteiger partial charge on any atom is 0.121 e. The van der Waals surface area contributed by atoms with Gasteiger partial charge in [0.1, 0.15) is 12.4 Å². The molecule has 2 unspecified atom stereocenters. The molecule has 0 aliphatic rings. The quantitative estimate of drug-likeness (QED) is 0.284. The number of nitrogens with zero attached hydrogens (tertiary/aromatic N) is 1. The zero-order valence-electron chi connectivity index (χ0n) is 15.8. The van der Waals surface area contributed by atoms with Crippen molar-refractivity contribution in [3.63, 3.8) is 0 Å². The average molecular weight is 438 g/mol. The van der Waals surface area contributed by atoms with Gasteiger partial charge in [0.15, 0.2) is 0 Å². The Labute approximate surface area is 176 Å². The van der Waals surface area contributed by atoms with Crippen LogP contribution in [0, 0.1) is 6.92 Å². The zero-order valence-corrected chi connectivity index (χ0v) is 17.3. The number of rotatable bonds is 10. The molecule has 156 valence electrons. The van der Waals surface area contributed by atoms with Crippen molar-refractivity contribution in [3.05, 3.63) is 58.2 Å². The SMILES string of the molecule is Cc1[nH]nc2cc(OCCNCC(O)c3ccc(Cl)c(CNS(=O)[O-])c3)ccc12. The van der Waals surface area contributed by atoms with Crippen LogP contribution in [0.1, 0.15) is 22.9 Å². The number of nitrogens with one attached hydrogen (secondary N) is 3. The van der Waals surface area contributed by atoms with Crippen LogP contribution in [-0.4, -0.2) is 43.8 Å². The van der Waals surface area contributed by atoms with E-state index >= 15 is 0 Å². The Kier molecular flexibility index (Phi) is 7.59. The molecule has 4 N–H and O–H groups in total. The minimum atomic E-state index is -2.37. The fourth-order valence-electron chi connectivity index (χ4n) is 2.89. The van der Waals surface area contributed by atoms with Crippen molar-refractivity contribution in [1.29, 1.82) is 0 Å². The van der Waals surface area contributed by atoms with Crippen LogP contribution in [0.2, 0.25) is 5.02 Å². The fraction of sp³-hybridized carbons (Fsp3) is 0.316. The summed E-state index contributed by atoms with van der Waals surface area (Å²) < 4.78 is 29.3. The van der Waals surface area contributed by atoms with E-state index in [2.05, 4.69) is 20.2 Å². The average Bonchev–Trinajstić information content (AvgIpc) is 3.07. The Bertz CT molecular complexity index is 997.